The summed E-state index contributed by atoms with van der Waals surface area (Å²) in [7, 11) is 0. The maximum atomic E-state index is 13.3. The van der Waals surface area contributed by atoms with Gasteiger partial charge in [0.15, 0.2) is 0 Å². The molecule has 4 rings (SSSR count). The van der Waals surface area contributed by atoms with Crippen LogP contribution in [0.3, 0.4) is 0 Å². The number of amides is 2. The van der Waals surface area contributed by atoms with Gasteiger partial charge in [0.1, 0.15) is 12.2 Å². The minimum atomic E-state index is -0.295. The maximum absolute atomic E-state index is 13.3. The van der Waals surface area contributed by atoms with Crippen molar-refractivity contribution >= 4 is 12.0 Å². The molecule has 2 aliphatic heterocycles. The molecule has 1 aromatic heterocycles. The predicted octanol–water partition coefficient (Wildman–Crippen LogP) is 3.33. The Morgan fingerprint density at radius 1 is 1.10 bits per heavy atom. The number of piperidine rings is 1. The van der Waals surface area contributed by atoms with Gasteiger partial charge in [-0.2, -0.15) is 0 Å². The second kappa shape index (κ2) is 8.57. The van der Waals surface area contributed by atoms with Crippen molar-refractivity contribution in [1.29, 1.82) is 0 Å². The smallest absolute Gasteiger partial charge is 0.410 e. The SMILES string of the molecule is Cc1ccn(-c2cccc(C(C)C)c2)c(=O)c1C(=O)N1CCC(N2CCOC2=O)CC1. The Morgan fingerprint density at radius 3 is 2.48 bits per heavy atom. The van der Waals surface area contributed by atoms with E-state index in [0.717, 1.165) is 11.3 Å². The summed E-state index contributed by atoms with van der Waals surface area (Å²) >= 11 is 0. The fourth-order valence-electron chi connectivity index (χ4n) is 4.40. The number of aryl methyl sites for hydroxylation is 1. The summed E-state index contributed by atoms with van der Waals surface area (Å²) in [4.78, 5) is 41.9. The number of nitrogens with zero attached hydrogens (tertiary/aromatic N) is 3. The van der Waals surface area contributed by atoms with E-state index in [2.05, 4.69) is 13.8 Å². The molecule has 0 aliphatic carbocycles. The molecule has 1 aromatic carbocycles. The number of hydrogen-bond donors (Lipinski definition) is 0. The standard InChI is InChI=1S/C24H29N3O4/c1-16(2)18-5-4-6-20(15-18)26-12-7-17(3)21(23(26)29)22(28)25-10-8-19(9-11-25)27-13-14-31-24(27)30/h4-7,12,15-16,19H,8-11,13-14H2,1-3H3. The molecule has 31 heavy (non-hydrogen) atoms. The lowest BCUT2D eigenvalue weighted by Gasteiger charge is -2.35. The quantitative estimate of drug-likeness (QED) is 0.756. The lowest BCUT2D eigenvalue weighted by atomic mass is 10.0. The summed E-state index contributed by atoms with van der Waals surface area (Å²) in [5.74, 6) is 0.107. The Labute approximate surface area is 182 Å². The summed E-state index contributed by atoms with van der Waals surface area (Å²) in [5, 5.41) is 0. The van der Waals surface area contributed by atoms with Gasteiger partial charge >= 0.3 is 6.09 Å². The lowest BCUT2D eigenvalue weighted by Crippen LogP contribution is -2.48. The Bertz CT molecular complexity index is 1050. The third-order valence-electron chi connectivity index (χ3n) is 6.31. The van der Waals surface area contributed by atoms with Crippen LogP contribution in [0, 0.1) is 6.92 Å². The summed E-state index contributed by atoms with van der Waals surface area (Å²) in [6, 6.07) is 9.77. The van der Waals surface area contributed by atoms with Gasteiger partial charge in [0.05, 0.1) is 6.54 Å². The van der Waals surface area contributed by atoms with Crippen molar-refractivity contribution in [3.05, 3.63) is 63.6 Å². The van der Waals surface area contributed by atoms with Gasteiger partial charge in [-0.1, -0.05) is 26.0 Å². The molecule has 2 amide bonds. The highest BCUT2D eigenvalue weighted by Crippen LogP contribution is 2.22. The van der Waals surface area contributed by atoms with Crippen LogP contribution in [0.15, 0.2) is 41.3 Å². The summed E-state index contributed by atoms with van der Waals surface area (Å²) in [5.41, 5.74) is 2.50. The van der Waals surface area contributed by atoms with Crippen LogP contribution in [0.4, 0.5) is 4.79 Å². The molecule has 7 nitrogen and oxygen atoms in total. The topological polar surface area (TPSA) is 71.8 Å². The van der Waals surface area contributed by atoms with Gasteiger partial charge in [0.25, 0.3) is 11.5 Å². The van der Waals surface area contributed by atoms with Crippen molar-refractivity contribution in [3.8, 4) is 5.69 Å². The predicted molar refractivity (Wildman–Crippen MR) is 118 cm³/mol. The molecule has 164 valence electrons. The molecule has 3 heterocycles. The lowest BCUT2D eigenvalue weighted by molar-refractivity contribution is 0.0656. The first-order chi connectivity index (χ1) is 14.9. The normalized spacial score (nSPS) is 17.4. The van der Waals surface area contributed by atoms with Gasteiger partial charge < -0.3 is 14.5 Å². The molecule has 2 fully saturated rings. The number of likely N-dealkylation sites (tertiary alicyclic amines) is 1. The van der Waals surface area contributed by atoms with Gasteiger partial charge in [-0.05, 0) is 55.0 Å². The van der Waals surface area contributed by atoms with E-state index < -0.39 is 0 Å². The number of aromatic nitrogens is 1. The molecule has 2 aromatic rings. The van der Waals surface area contributed by atoms with E-state index in [1.165, 1.54) is 0 Å². The second-order valence-corrected chi connectivity index (χ2v) is 8.63. The van der Waals surface area contributed by atoms with E-state index in [9.17, 15) is 14.4 Å². The summed E-state index contributed by atoms with van der Waals surface area (Å²) in [6.07, 6.45) is 2.85. The average molecular weight is 424 g/mol. The number of carbonyl (C=O) groups is 2. The van der Waals surface area contributed by atoms with Crippen molar-refractivity contribution < 1.29 is 14.3 Å². The van der Waals surface area contributed by atoms with E-state index >= 15 is 0 Å². The van der Waals surface area contributed by atoms with E-state index in [4.69, 9.17) is 4.74 Å². The van der Waals surface area contributed by atoms with Crippen LogP contribution in [-0.4, -0.2) is 58.7 Å². The van der Waals surface area contributed by atoms with Gasteiger partial charge in [-0.15, -0.1) is 0 Å². The monoisotopic (exact) mass is 423 g/mol. The van der Waals surface area contributed by atoms with E-state index in [-0.39, 0.29) is 29.2 Å². The van der Waals surface area contributed by atoms with Crippen molar-refractivity contribution in [2.45, 2.75) is 45.6 Å². The molecule has 0 saturated carbocycles. The van der Waals surface area contributed by atoms with Crippen LogP contribution < -0.4 is 5.56 Å². The fourth-order valence-corrected chi connectivity index (χ4v) is 4.40. The Morgan fingerprint density at radius 2 is 1.84 bits per heavy atom. The van der Waals surface area contributed by atoms with Crippen LogP contribution in [0.25, 0.3) is 5.69 Å². The zero-order valence-electron chi connectivity index (χ0n) is 18.3. The van der Waals surface area contributed by atoms with Gasteiger partial charge in [0, 0.05) is 31.0 Å². The Balaban J connectivity index is 1.56. The average Bonchev–Trinajstić information content (AvgIpc) is 3.19. The van der Waals surface area contributed by atoms with E-state index in [1.54, 1.807) is 27.5 Å². The molecule has 0 radical (unpaired) electrons. The highest BCUT2D eigenvalue weighted by molar-refractivity contribution is 5.95. The molecule has 0 bridgehead atoms. The number of carbonyl (C=O) groups excluding carboxylic acids is 2. The minimum absolute atomic E-state index is 0.0892. The first-order valence-corrected chi connectivity index (χ1v) is 10.9. The summed E-state index contributed by atoms with van der Waals surface area (Å²) in [6.45, 7) is 8.09. The zero-order valence-corrected chi connectivity index (χ0v) is 18.3. The minimum Gasteiger partial charge on any atom is -0.448 e. The largest absolute Gasteiger partial charge is 0.448 e. The fraction of sp³-hybridized carbons (Fsp3) is 0.458. The first-order valence-electron chi connectivity index (χ1n) is 10.9. The van der Waals surface area contributed by atoms with E-state index in [1.807, 2.05) is 30.3 Å². The van der Waals surface area contributed by atoms with Crippen LogP contribution in [-0.2, 0) is 4.74 Å². The van der Waals surface area contributed by atoms with Crippen molar-refractivity contribution in [3.63, 3.8) is 0 Å². The highest BCUT2D eigenvalue weighted by atomic mass is 16.6. The van der Waals surface area contributed by atoms with Crippen molar-refractivity contribution in [2.24, 2.45) is 0 Å². The molecule has 7 heteroatoms. The molecular formula is C24H29N3O4. The maximum Gasteiger partial charge on any atom is 0.410 e. The molecule has 0 spiro atoms. The molecule has 2 aliphatic rings. The van der Waals surface area contributed by atoms with Crippen LogP contribution >= 0.6 is 0 Å². The van der Waals surface area contributed by atoms with Gasteiger partial charge in [-0.25, -0.2) is 4.79 Å². The zero-order chi connectivity index (χ0) is 22.1. The van der Waals surface area contributed by atoms with Crippen molar-refractivity contribution in [1.82, 2.24) is 14.4 Å². The first kappa shape index (κ1) is 21.2. The third-order valence-corrected chi connectivity index (χ3v) is 6.31. The van der Waals surface area contributed by atoms with Crippen LogP contribution in [0.5, 0.6) is 0 Å². The summed E-state index contributed by atoms with van der Waals surface area (Å²) < 4.78 is 6.59. The number of benzene rings is 1. The van der Waals surface area contributed by atoms with Crippen molar-refractivity contribution in [2.75, 3.05) is 26.2 Å². The molecule has 0 atom stereocenters. The molecule has 2 saturated heterocycles. The number of rotatable bonds is 4. The number of cyclic esters (lactones) is 1. The Kier molecular flexibility index (Phi) is 5.85. The Hall–Kier alpha value is -3.09. The van der Waals surface area contributed by atoms with Crippen LogP contribution in [0.1, 0.15) is 54.1 Å². The number of hydrogen-bond acceptors (Lipinski definition) is 4. The number of pyridine rings is 1. The molecular weight excluding hydrogens is 394 g/mol. The third kappa shape index (κ3) is 4.09. The second-order valence-electron chi connectivity index (χ2n) is 8.63. The van der Waals surface area contributed by atoms with Crippen LogP contribution in [0.2, 0.25) is 0 Å². The molecule has 0 N–H and O–H groups in total. The highest BCUT2D eigenvalue weighted by Gasteiger charge is 2.34. The van der Waals surface area contributed by atoms with E-state index in [0.29, 0.717) is 50.6 Å². The molecule has 0 unspecified atom stereocenters. The van der Waals surface area contributed by atoms with Gasteiger partial charge in [0.2, 0.25) is 0 Å². The van der Waals surface area contributed by atoms with Gasteiger partial charge in [-0.3, -0.25) is 14.2 Å². The number of ether oxygens (including phenoxy) is 1.